The minimum absolute atomic E-state index is 0.202. The van der Waals surface area contributed by atoms with E-state index in [2.05, 4.69) is 50.6 Å². The van der Waals surface area contributed by atoms with Gasteiger partial charge in [0.25, 0.3) is 0 Å². The molecule has 162 valence electrons. The van der Waals surface area contributed by atoms with Crippen molar-refractivity contribution in [3.05, 3.63) is 48.2 Å². The molecule has 4 aromatic rings. The number of pyridine rings is 2. The van der Waals surface area contributed by atoms with E-state index in [0.717, 1.165) is 48.5 Å². The van der Waals surface area contributed by atoms with Crippen LogP contribution >= 0.6 is 0 Å². The summed E-state index contributed by atoms with van der Waals surface area (Å²) >= 11 is 0. The lowest BCUT2D eigenvalue weighted by Crippen LogP contribution is -2.14. The molecule has 1 N–H and O–H groups in total. The maximum atomic E-state index is 9.11. The fourth-order valence-corrected chi connectivity index (χ4v) is 3.89. The van der Waals surface area contributed by atoms with Crippen molar-refractivity contribution in [3.63, 3.8) is 0 Å². The van der Waals surface area contributed by atoms with Crippen LogP contribution in [0, 0.1) is 11.3 Å². The van der Waals surface area contributed by atoms with Crippen molar-refractivity contribution in [3.8, 4) is 17.6 Å². The van der Waals surface area contributed by atoms with Gasteiger partial charge in [-0.05, 0) is 32.8 Å². The second kappa shape index (κ2) is 8.36. The summed E-state index contributed by atoms with van der Waals surface area (Å²) in [5, 5.41) is 26.6. The highest BCUT2D eigenvalue weighted by atomic mass is 16.5. The number of anilines is 1. The van der Waals surface area contributed by atoms with Crippen molar-refractivity contribution in [2.45, 2.75) is 38.6 Å². The maximum absolute atomic E-state index is 9.11. The molecule has 0 unspecified atom stereocenters. The Morgan fingerprint density at radius 2 is 2.00 bits per heavy atom. The first-order chi connectivity index (χ1) is 15.6. The summed E-state index contributed by atoms with van der Waals surface area (Å²) in [7, 11) is 0. The number of fused-ring (bicyclic) bond motifs is 1. The highest BCUT2D eigenvalue weighted by Gasteiger charge is 2.20. The van der Waals surface area contributed by atoms with Gasteiger partial charge in [-0.15, -0.1) is 5.10 Å². The van der Waals surface area contributed by atoms with E-state index in [1.165, 1.54) is 6.20 Å². The van der Waals surface area contributed by atoms with E-state index >= 15 is 0 Å². The van der Waals surface area contributed by atoms with E-state index in [-0.39, 0.29) is 6.04 Å². The van der Waals surface area contributed by atoms with Crippen LogP contribution in [0.2, 0.25) is 0 Å². The Bertz CT molecular complexity index is 1290. The van der Waals surface area contributed by atoms with Gasteiger partial charge in [0.15, 0.2) is 11.5 Å². The Morgan fingerprint density at radius 1 is 1.16 bits per heavy atom. The lowest BCUT2D eigenvalue weighted by atomic mass is 9.97. The fourth-order valence-electron chi connectivity index (χ4n) is 3.89. The number of hydrogen-bond acceptors (Lipinski definition) is 8. The smallest absolute Gasteiger partial charge is 0.164 e. The standard InChI is InChI=1S/C22H23N9O/c1-14(2)27-18-8-21(31-22-17(11-26-31)7-15(9-23)10-25-22)24-12-20(18)30-13-19(28-29-30)16-3-5-32-6-4-16/h7-8,10-14,16H,3-6H2,1-2H3,(H,24,27). The van der Waals surface area contributed by atoms with Gasteiger partial charge in [0, 0.05) is 42.8 Å². The number of nitrogens with one attached hydrogen (secondary N) is 1. The van der Waals surface area contributed by atoms with E-state index in [0.29, 0.717) is 22.9 Å². The lowest BCUT2D eigenvalue weighted by Gasteiger charge is -2.19. The first-order valence-corrected chi connectivity index (χ1v) is 10.6. The molecule has 0 aliphatic carbocycles. The zero-order valence-corrected chi connectivity index (χ0v) is 17.9. The zero-order chi connectivity index (χ0) is 22.1. The van der Waals surface area contributed by atoms with Crippen LogP contribution < -0.4 is 5.32 Å². The second-order valence-electron chi connectivity index (χ2n) is 8.14. The zero-order valence-electron chi connectivity index (χ0n) is 17.9. The minimum atomic E-state index is 0.202. The Morgan fingerprint density at radius 3 is 2.78 bits per heavy atom. The molecule has 10 nitrogen and oxygen atoms in total. The van der Waals surface area contributed by atoms with Crippen molar-refractivity contribution >= 4 is 16.7 Å². The average molecular weight is 429 g/mol. The summed E-state index contributed by atoms with van der Waals surface area (Å²) in [5.74, 6) is 0.986. The molecule has 5 heterocycles. The molecule has 4 aromatic heterocycles. The fraction of sp³-hybridized carbons (Fsp3) is 0.364. The molecule has 32 heavy (non-hydrogen) atoms. The highest BCUT2D eigenvalue weighted by Crippen LogP contribution is 2.28. The van der Waals surface area contributed by atoms with Crippen LogP contribution in [0.1, 0.15) is 43.9 Å². The number of rotatable bonds is 5. The van der Waals surface area contributed by atoms with E-state index in [1.54, 1.807) is 27.8 Å². The van der Waals surface area contributed by atoms with Gasteiger partial charge in [-0.1, -0.05) is 5.21 Å². The molecule has 5 rings (SSSR count). The van der Waals surface area contributed by atoms with Gasteiger partial charge in [-0.3, -0.25) is 0 Å². The summed E-state index contributed by atoms with van der Waals surface area (Å²) in [6.45, 7) is 5.67. The van der Waals surface area contributed by atoms with Gasteiger partial charge in [0.1, 0.15) is 11.8 Å². The van der Waals surface area contributed by atoms with E-state index in [1.807, 2.05) is 12.3 Å². The van der Waals surface area contributed by atoms with Gasteiger partial charge in [0.2, 0.25) is 0 Å². The molecule has 10 heteroatoms. The van der Waals surface area contributed by atoms with Crippen LogP contribution in [0.4, 0.5) is 5.69 Å². The predicted molar refractivity (Wildman–Crippen MR) is 118 cm³/mol. The molecule has 0 bridgehead atoms. The third kappa shape index (κ3) is 3.78. The first kappa shape index (κ1) is 20.1. The van der Waals surface area contributed by atoms with Crippen molar-refractivity contribution in [1.29, 1.82) is 5.26 Å². The molecule has 0 aromatic carbocycles. The molecule has 0 amide bonds. The third-order valence-electron chi connectivity index (χ3n) is 5.46. The maximum Gasteiger partial charge on any atom is 0.164 e. The Balaban J connectivity index is 1.53. The summed E-state index contributed by atoms with van der Waals surface area (Å²) in [4.78, 5) is 9.02. The van der Waals surface area contributed by atoms with Crippen molar-refractivity contribution in [2.75, 3.05) is 18.5 Å². The molecule has 1 aliphatic heterocycles. The van der Waals surface area contributed by atoms with Crippen LogP contribution in [0.25, 0.3) is 22.5 Å². The Hall–Kier alpha value is -3.84. The first-order valence-electron chi connectivity index (χ1n) is 10.6. The number of aromatic nitrogens is 7. The lowest BCUT2D eigenvalue weighted by molar-refractivity contribution is 0.0845. The van der Waals surface area contributed by atoms with Crippen LogP contribution in [0.3, 0.4) is 0 Å². The SMILES string of the molecule is CC(C)Nc1cc(-n2ncc3cc(C#N)cnc32)ncc1-n1cc(C2CCOCC2)nn1. The van der Waals surface area contributed by atoms with Gasteiger partial charge in [0.05, 0.1) is 35.5 Å². The third-order valence-corrected chi connectivity index (χ3v) is 5.46. The van der Waals surface area contributed by atoms with Crippen LogP contribution in [0.5, 0.6) is 0 Å². The summed E-state index contributed by atoms with van der Waals surface area (Å²) in [6, 6.07) is 6.00. The van der Waals surface area contributed by atoms with Gasteiger partial charge >= 0.3 is 0 Å². The topological polar surface area (TPSA) is 119 Å². The number of nitriles is 1. The summed E-state index contributed by atoms with van der Waals surface area (Å²) in [6.07, 6.45) is 8.88. The van der Waals surface area contributed by atoms with Crippen molar-refractivity contribution < 1.29 is 4.74 Å². The summed E-state index contributed by atoms with van der Waals surface area (Å²) < 4.78 is 8.90. The second-order valence-corrected chi connectivity index (χ2v) is 8.14. The van der Waals surface area contributed by atoms with E-state index < -0.39 is 0 Å². The highest BCUT2D eigenvalue weighted by molar-refractivity contribution is 5.77. The largest absolute Gasteiger partial charge is 0.381 e. The average Bonchev–Trinajstić information content (AvgIpc) is 3.46. The Kier molecular flexibility index (Phi) is 5.25. The molecule has 0 spiro atoms. The molecule has 1 saturated heterocycles. The molecular formula is C22H23N9O. The van der Waals surface area contributed by atoms with Gasteiger partial charge in [-0.25, -0.2) is 14.6 Å². The molecule has 0 saturated carbocycles. The molecule has 1 aliphatic rings. The van der Waals surface area contributed by atoms with Crippen LogP contribution in [0.15, 0.2) is 36.9 Å². The normalized spacial score (nSPS) is 14.7. The van der Waals surface area contributed by atoms with Crippen LogP contribution in [-0.4, -0.2) is 54.0 Å². The number of hydrogen-bond donors (Lipinski definition) is 1. The van der Waals surface area contributed by atoms with Gasteiger partial charge < -0.3 is 10.1 Å². The van der Waals surface area contributed by atoms with Gasteiger partial charge in [-0.2, -0.15) is 15.0 Å². The van der Waals surface area contributed by atoms with E-state index in [9.17, 15) is 0 Å². The quantitative estimate of drug-likeness (QED) is 0.514. The molecule has 0 radical (unpaired) electrons. The summed E-state index contributed by atoms with van der Waals surface area (Å²) in [5.41, 5.74) is 3.79. The number of ether oxygens (including phenoxy) is 1. The Labute approximate surface area is 184 Å². The molecular weight excluding hydrogens is 406 g/mol. The minimum Gasteiger partial charge on any atom is -0.381 e. The predicted octanol–water partition coefficient (Wildman–Crippen LogP) is 2.98. The van der Waals surface area contributed by atoms with E-state index in [4.69, 9.17) is 10.00 Å². The molecule has 1 fully saturated rings. The number of nitrogens with zero attached hydrogens (tertiary/aromatic N) is 8. The van der Waals surface area contributed by atoms with Crippen molar-refractivity contribution in [1.82, 2.24) is 34.7 Å². The molecule has 0 atom stereocenters. The van der Waals surface area contributed by atoms with Crippen molar-refractivity contribution in [2.24, 2.45) is 0 Å². The van der Waals surface area contributed by atoms with Crippen LogP contribution in [-0.2, 0) is 4.74 Å². The monoisotopic (exact) mass is 429 g/mol.